The van der Waals surface area contributed by atoms with Gasteiger partial charge in [-0.25, -0.2) is 0 Å². The van der Waals surface area contributed by atoms with Crippen LogP contribution in [0.1, 0.15) is 37.6 Å². The molecule has 2 heterocycles. The van der Waals surface area contributed by atoms with Gasteiger partial charge in [0.15, 0.2) is 0 Å². The molecule has 1 saturated heterocycles. The number of amides is 1. The maximum absolute atomic E-state index is 12.3. The van der Waals surface area contributed by atoms with Crippen molar-refractivity contribution in [1.82, 2.24) is 14.8 Å². The summed E-state index contributed by atoms with van der Waals surface area (Å²) in [5, 5.41) is 9.08. The molecule has 7 heteroatoms. The summed E-state index contributed by atoms with van der Waals surface area (Å²) in [6.45, 7) is 5.55. The van der Waals surface area contributed by atoms with Gasteiger partial charge < -0.3 is 14.7 Å². The third-order valence-corrected chi connectivity index (χ3v) is 4.24. The normalized spacial score (nSPS) is 17.6. The highest BCUT2D eigenvalue weighted by molar-refractivity contribution is 5.80. The fourth-order valence-electron chi connectivity index (χ4n) is 3.00. The predicted octanol–water partition coefficient (Wildman–Crippen LogP) is 1.09. The first kappa shape index (κ1) is 19.3. The third kappa shape index (κ3) is 5.51. The molecule has 1 fully saturated rings. The number of esters is 1. The van der Waals surface area contributed by atoms with E-state index >= 15 is 0 Å². The van der Waals surface area contributed by atoms with E-state index in [1.54, 1.807) is 4.90 Å². The number of nitrogens with zero attached hydrogens (tertiary/aromatic N) is 3. The van der Waals surface area contributed by atoms with E-state index in [1.807, 2.05) is 36.9 Å². The Morgan fingerprint density at radius 3 is 2.92 bits per heavy atom. The van der Waals surface area contributed by atoms with Crippen molar-refractivity contribution in [1.29, 1.82) is 0 Å². The molecule has 2 rings (SSSR count). The summed E-state index contributed by atoms with van der Waals surface area (Å²) >= 11 is 0. The fourth-order valence-corrected chi connectivity index (χ4v) is 3.00. The van der Waals surface area contributed by atoms with Crippen LogP contribution in [0.2, 0.25) is 0 Å². The molecular weight excluding hydrogens is 322 g/mol. The molecule has 1 aromatic heterocycles. The van der Waals surface area contributed by atoms with Gasteiger partial charge in [0.2, 0.25) is 5.91 Å². The minimum absolute atomic E-state index is 0.0377. The number of hydrogen-bond donors (Lipinski definition) is 1. The van der Waals surface area contributed by atoms with Crippen molar-refractivity contribution in [2.45, 2.75) is 45.7 Å². The lowest BCUT2D eigenvalue weighted by Gasteiger charge is -2.23. The zero-order chi connectivity index (χ0) is 18.2. The molecule has 1 aromatic rings. The van der Waals surface area contributed by atoms with Gasteiger partial charge in [0.25, 0.3) is 0 Å². The molecule has 7 nitrogen and oxygen atoms in total. The maximum Gasteiger partial charge on any atom is 0.324 e. The first-order valence-corrected chi connectivity index (χ1v) is 8.77. The lowest BCUT2D eigenvalue weighted by Crippen LogP contribution is -2.37. The number of cyclic esters (lactones) is 1. The first-order valence-electron chi connectivity index (χ1n) is 8.77. The number of pyridine rings is 1. The number of hydrogen-bond acceptors (Lipinski definition) is 6. The Kier molecular flexibility index (Phi) is 7.33. The molecule has 0 spiro atoms. The van der Waals surface area contributed by atoms with Gasteiger partial charge in [-0.05, 0) is 31.9 Å². The van der Waals surface area contributed by atoms with Crippen LogP contribution in [-0.2, 0) is 20.9 Å². The van der Waals surface area contributed by atoms with E-state index in [0.717, 1.165) is 17.8 Å². The average molecular weight is 349 g/mol. The zero-order valence-corrected chi connectivity index (χ0v) is 15.0. The molecule has 1 aliphatic heterocycles. The van der Waals surface area contributed by atoms with Crippen LogP contribution in [0.4, 0.5) is 0 Å². The van der Waals surface area contributed by atoms with E-state index in [2.05, 4.69) is 4.98 Å². The summed E-state index contributed by atoms with van der Waals surface area (Å²) in [6.07, 6.45) is 1.51. The van der Waals surface area contributed by atoms with Gasteiger partial charge in [-0.3, -0.25) is 19.5 Å². The zero-order valence-electron chi connectivity index (χ0n) is 15.0. The average Bonchev–Trinajstić information content (AvgIpc) is 2.92. The maximum atomic E-state index is 12.3. The molecule has 0 bridgehead atoms. The molecule has 1 N–H and O–H groups in total. The quantitative estimate of drug-likeness (QED) is 0.672. The topological polar surface area (TPSA) is 83.0 Å². The van der Waals surface area contributed by atoms with E-state index in [1.165, 1.54) is 0 Å². The predicted molar refractivity (Wildman–Crippen MR) is 92.5 cm³/mol. The highest BCUT2D eigenvalue weighted by Crippen LogP contribution is 2.19. The Bertz CT molecular complexity index is 587. The van der Waals surface area contributed by atoms with Gasteiger partial charge >= 0.3 is 5.97 Å². The highest BCUT2D eigenvalue weighted by Gasteiger charge is 2.35. The minimum Gasteiger partial charge on any atom is -0.448 e. The summed E-state index contributed by atoms with van der Waals surface area (Å²) < 4.78 is 5.16. The molecule has 0 aliphatic carbocycles. The Hall–Kier alpha value is -1.99. The molecule has 1 amide bonds. The molecule has 0 aromatic carbocycles. The molecule has 25 heavy (non-hydrogen) atoms. The van der Waals surface area contributed by atoms with Crippen molar-refractivity contribution in [3.63, 3.8) is 0 Å². The molecular formula is C18H27N3O4. The summed E-state index contributed by atoms with van der Waals surface area (Å²) in [6, 6.07) is 5.35. The highest BCUT2D eigenvalue weighted by atomic mass is 16.6. The van der Waals surface area contributed by atoms with Crippen LogP contribution in [0.25, 0.3) is 0 Å². The van der Waals surface area contributed by atoms with Crippen molar-refractivity contribution in [3.05, 3.63) is 29.6 Å². The summed E-state index contributed by atoms with van der Waals surface area (Å²) in [5.74, 6) is -0.325. The number of aliphatic hydroxyl groups excluding tert-OH is 1. The first-order chi connectivity index (χ1) is 12.0. The second-order valence-electron chi connectivity index (χ2n) is 6.27. The van der Waals surface area contributed by atoms with Crippen molar-refractivity contribution in [2.24, 2.45) is 0 Å². The van der Waals surface area contributed by atoms with Gasteiger partial charge in [0, 0.05) is 31.7 Å². The van der Waals surface area contributed by atoms with Gasteiger partial charge in [0.05, 0.1) is 12.3 Å². The van der Waals surface area contributed by atoms with Gasteiger partial charge in [0.1, 0.15) is 12.8 Å². The van der Waals surface area contributed by atoms with Crippen molar-refractivity contribution >= 4 is 11.9 Å². The lowest BCUT2D eigenvalue weighted by atomic mass is 10.1. The number of aryl methyl sites for hydroxylation is 1. The number of carbonyl (C=O) groups is 2. The van der Waals surface area contributed by atoms with Crippen LogP contribution in [0.15, 0.2) is 18.2 Å². The van der Waals surface area contributed by atoms with Gasteiger partial charge in [-0.1, -0.05) is 13.0 Å². The Balaban J connectivity index is 1.93. The molecule has 0 radical (unpaired) electrons. The van der Waals surface area contributed by atoms with Gasteiger partial charge in [-0.15, -0.1) is 0 Å². The molecule has 1 atom stereocenters. The van der Waals surface area contributed by atoms with E-state index in [9.17, 15) is 9.59 Å². The van der Waals surface area contributed by atoms with Crippen LogP contribution in [0.5, 0.6) is 0 Å². The second kappa shape index (κ2) is 9.48. The Morgan fingerprint density at radius 2 is 2.24 bits per heavy atom. The number of aliphatic hydroxyl groups is 1. The van der Waals surface area contributed by atoms with Crippen LogP contribution in [0.3, 0.4) is 0 Å². The van der Waals surface area contributed by atoms with Crippen LogP contribution < -0.4 is 0 Å². The van der Waals surface area contributed by atoms with Crippen LogP contribution >= 0.6 is 0 Å². The Morgan fingerprint density at radius 1 is 1.44 bits per heavy atom. The van der Waals surface area contributed by atoms with Crippen molar-refractivity contribution < 1.29 is 19.4 Å². The monoisotopic (exact) mass is 349 g/mol. The van der Waals surface area contributed by atoms with Crippen LogP contribution in [-0.4, -0.2) is 64.2 Å². The lowest BCUT2D eigenvalue weighted by molar-refractivity contribution is -0.139. The number of aromatic nitrogens is 1. The van der Waals surface area contributed by atoms with E-state index in [-0.39, 0.29) is 31.6 Å². The number of carbonyl (C=O) groups excluding carboxylic acids is 2. The van der Waals surface area contributed by atoms with Crippen molar-refractivity contribution in [2.75, 3.05) is 26.4 Å². The fraction of sp³-hybridized carbons (Fsp3) is 0.611. The summed E-state index contributed by atoms with van der Waals surface area (Å²) in [7, 11) is 0. The Labute approximate surface area is 148 Å². The SMILES string of the molecule is CCCN(CCO)C(=O)CCC1C(=O)OCN1Cc1cccc(C)n1. The number of rotatable bonds is 9. The van der Waals surface area contributed by atoms with Gasteiger partial charge in [-0.2, -0.15) is 0 Å². The minimum atomic E-state index is -0.427. The van der Waals surface area contributed by atoms with E-state index < -0.39 is 6.04 Å². The molecule has 1 aliphatic rings. The largest absolute Gasteiger partial charge is 0.448 e. The summed E-state index contributed by atoms with van der Waals surface area (Å²) in [4.78, 5) is 32.4. The summed E-state index contributed by atoms with van der Waals surface area (Å²) in [5.41, 5.74) is 1.80. The molecule has 138 valence electrons. The van der Waals surface area contributed by atoms with Crippen LogP contribution in [0, 0.1) is 6.92 Å². The smallest absolute Gasteiger partial charge is 0.324 e. The van der Waals surface area contributed by atoms with E-state index in [0.29, 0.717) is 26.1 Å². The molecule has 1 unspecified atom stereocenters. The molecule has 0 saturated carbocycles. The second-order valence-corrected chi connectivity index (χ2v) is 6.27. The third-order valence-electron chi connectivity index (χ3n) is 4.24. The number of ether oxygens (including phenoxy) is 1. The van der Waals surface area contributed by atoms with Crippen molar-refractivity contribution in [3.8, 4) is 0 Å². The van der Waals surface area contributed by atoms with E-state index in [4.69, 9.17) is 9.84 Å². The standard InChI is InChI=1S/C18H27N3O4/c1-3-9-20(10-11-22)17(23)8-7-16-18(24)25-13-21(16)12-15-6-4-5-14(2)19-15/h4-6,16,22H,3,7-13H2,1-2H3.